The van der Waals surface area contributed by atoms with Gasteiger partial charge in [0.05, 0.1) is 6.61 Å². The lowest BCUT2D eigenvalue weighted by Crippen LogP contribution is -2.24. The van der Waals surface area contributed by atoms with Gasteiger partial charge >= 0.3 is 5.97 Å². The van der Waals surface area contributed by atoms with Crippen LogP contribution in [0, 0.1) is 0 Å². The fraction of sp³-hybridized carbons (Fsp3) is 0.421. The number of nitrogens with one attached hydrogen (secondary N) is 1. The number of carbonyl (C=O) groups excluding carboxylic acids is 1. The maximum absolute atomic E-state index is 12.2. The molecule has 0 atom stereocenters. The molecule has 7 nitrogen and oxygen atoms in total. The van der Waals surface area contributed by atoms with E-state index in [1.165, 1.54) is 4.57 Å². The van der Waals surface area contributed by atoms with Crippen molar-refractivity contribution >= 4 is 33.4 Å². The number of hydrogen-bond donors (Lipinski definition) is 1. The molecule has 2 heterocycles. The summed E-state index contributed by atoms with van der Waals surface area (Å²) in [6, 6.07) is 6.94. The topological polar surface area (TPSA) is 82.5 Å². The van der Waals surface area contributed by atoms with E-state index in [0.29, 0.717) is 30.4 Å². The highest BCUT2D eigenvalue weighted by molar-refractivity contribution is 9.10. The molecule has 0 aliphatic heterocycles. The number of aromatic nitrogens is 2. The van der Waals surface area contributed by atoms with Crippen LogP contribution >= 0.6 is 15.9 Å². The lowest BCUT2D eigenvalue weighted by atomic mass is 10.2. The van der Waals surface area contributed by atoms with Crippen LogP contribution in [0.25, 0.3) is 0 Å². The molecule has 1 N–H and O–H groups in total. The van der Waals surface area contributed by atoms with Crippen molar-refractivity contribution in [3.8, 4) is 5.88 Å². The first-order chi connectivity index (χ1) is 12.6. The first-order valence-electron chi connectivity index (χ1n) is 8.59. The summed E-state index contributed by atoms with van der Waals surface area (Å²) in [6.45, 7) is 5.85. The molecule has 27 heavy (non-hydrogen) atoms. The molecule has 0 aliphatic rings. The molecular formula is C19H24BrN3O4. The first-order valence-corrected chi connectivity index (χ1v) is 9.38. The molecule has 2 aromatic rings. The van der Waals surface area contributed by atoms with Crippen LogP contribution in [-0.4, -0.2) is 27.7 Å². The van der Waals surface area contributed by atoms with Crippen LogP contribution in [0.1, 0.15) is 33.6 Å². The Morgan fingerprint density at radius 2 is 2.07 bits per heavy atom. The number of ether oxygens (including phenoxy) is 2. The number of nitrogens with zero attached hydrogens (tertiary/aromatic N) is 2. The average Bonchev–Trinajstić information content (AvgIpc) is 2.55. The highest BCUT2D eigenvalue weighted by Gasteiger charge is 2.15. The smallest absolute Gasteiger partial charge is 0.306 e. The van der Waals surface area contributed by atoms with Crippen molar-refractivity contribution in [1.82, 2.24) is 9.55 Å². The number of rotatable bonds is 7. The molecule has 0 aromatic carbocycles. The summed E-state index contributed by atoms with van der Waals surface area (Å²) in [6.07, 6.45) is 2.49. The van der Waals surface area contributed by atoms with E-state index in [-0.39, 0.29) is 17.9 Å². The second-order valence-electron chi connectivity index (χ2n) is 7.01. The monoisotopic (exact) mass is 437 g/mol. The van der Waals surface area contributed by atoms with E-state index in [1.54, 1.807) is 37.5 Å². The minimum Gasteiger partial charge on any atom is -0.478 e. The van der Waals surface area contributed by atoms with Crippen LogP contribution in [0.15, 0.2) is 39.7 Å². The third-order valence-electron chi connectivity index (χ3n) is 3.33. The summed E-state index contributed by atoms with van der Waals surface area (Å²) >= 11 is 3.36. The van der Waals surface area contributed by atoms with Crippen molar-refractivity contribution < 1.29 is 14.3 Å². The largest absolute Gasteiger partial charge is 0.478 e. The Labute approximate surface area is 166 Å². The Morgan fingerprint density at radius 3 is 2.78 bits per heavy atom. The maximum atomic E-state index is 12.2. The van der Waals surface area contributed by atoms with Gasteiger partial charge in [0.15, 0.2) is 0 Å². The quantitative estimate of drug-likeness (QED) is 0.523. The minimum atomic E-state index is -0.483. The predicted molar refractivity (Wildman–Crippen MR) is 107 cm³/mol. The van der Waals surface area contributed by atoms with Crippen molar-refractivity contribution in [2.45, 2.75) is 39.2 Å². The highest BCUT2D eigenvalue weighted by Crippen LogP contribution is 2.18. The van der Waals surface area contributed by atoms with Gasteiger partial charge in [-0.25, -0.2) is 0 Å². The van der Waals surface area contributed by atoms with Gasteiger partial charge in [-0.1, -0.05) is 6.07 Å². The lowest BCUT2D eigenvalue weighted by molar-refractivity contribution is -0.155. The summed E-state index contributed by atoms with van der Waals surface area (Å²) in [4.78, 5) is 28.2. The van der Waals surface area contributed by atoms with Gasteiger partial charge in [-0.05, 0) is 55.3 Å². The van der Waals surface area contributed by atoms with Crippen LogP contribution in [0.4, 0.5) is 11.5 Å². The van der Waals surface area contributed by atoms with Crippen molar-refractivity contribution in [2.75, 3.05) is 11.9 Å². The molecule has 0 saturated carbocycles. The molecule has 0 amide bonds. The number of halogens is 1. The molecule has 0 fully saturated rings. The molecular weight excluding hydrogens is 414 g/mol. The number of hydrogen-bond acceptors (Lipinski definition) is 6. The average molecular weight is 438 g/mol. The SMILES string of the molecule is Cn1cc(Br)cc(Nc2cccc(OCCCC(=O)OC(C)(C)C)n2)c1=O. The van der Waals surface area contributed by atoms with Gasteiger partial charge in [0.25, 0.3) is 5.56 Å². The zero-order chi connectivity index (χ0) is 20.0. The second-order valence-corrected chi connectivity index (χ2v) is 7.93. The summed E-state index contributed by atoms with van der Waals surface area (Å²) < 4.78 is 13.1. The summed E-state index contributed by atoms with van der Waals surface area (Å²) in [5.41, 5.74) is -0.242. The summed E-state index contributed by atoms with van der Waals surface area (Å²) in [5.74, 6) is 0.658. The second kappa shape index (κ2) is 9.03. The Hall–Kier alpha value is -2.35. The van der Waals surface area contributed by atoms with Crippen LogP contribution in [0.2, 0.25) is 0 Å². The van der Waals surface area contributed by atoms with E-state index in [4.69, 9.17) is 9.47 Å². The van der Waals surface area contributed by atoms with E-state index >= 15 is 0 Å². The zero-order valence-corrected chi connectivity index (χ0v) is 17.5. The number of carbonyl (C=O) groups is 1. The van der Waals surface area contributed by atoms with E-state index in [2.05, 4.69) is 26.2 Å². The number of esters is 1. The molecule has 2 rings (SSSR count). The zero-order valence-electron chi connectivity index (χ0n) is 15.9. The Kier molecular flexibility index (Phi) is 7.01. The van der Waals surface area contributed by atoms with Gasteiger partial charge in [0.2, 0.25) is 5.88 Å². The fourth-order valence-corrected chi connectivity index (χ4v) is 2.78. The Bertz CT molecular complexity index is 859. The van der Waals surface area contributed by atoms with E-state index in [1.807, 2.05) is 20.8 Å². The molecule has 0 spiro atoms. The molecule has 0 bridgehead atoms. The van der Waals surface area contributed by atoms with Crippen molar-refractivity contribution in [2.24, 2.45) is 7.05 Å². The molecule has 0 unspecified atom stereocenters. The van der Waals surface area contributed by atoms with E-state index < -0.39 is 5.60 Å². The van der Waals surface area contributed by atoms with Crippen LogP contribution < -0.4 is 15.6 Å². The molecule has 8 heteroatoms. The predicted octanol–water partition coefficient (Wildman–Crippen LogP) is 3.79. The van der Waals surface area contributed by atoms with Crippen LogP contribution in [0.3, 0.4) is 0 Å². The van der Waals surface area contributed by atoms with E-state index in [9.17, 15) is 9.59 Å². The molecule has 2 aromatic heterocycles. The fourth-order valence-electron chi connectivity index (χ4n) is 2.25. The van der Waals surface area contributed by atoms with Crippen LogP contribution in [0.5, 0.6) is 5.88 Å². The van der Waals surface area contributed by atoms with Crippen molar-refractivity contribution in [3.63, 3.8) is 0 Å². The van der Waals surface area contributed by atoms with Crippen LogP contribution in [-0.2, 0) is 16.6 Å². The lowest BCUT2D eigenvalue weighted by Gasteiger charge is -2.19. The van der Waals surface area contributed by atoms with Crippen molar-refractivity contribution in [3.05, 3.63) is 45.3 Å². The minimum absolute atomic E-state index is 0.163. The first kappa shape index (κ1) is 21.0. The number of aryl methyl sites for hydroxylation is 1. The Morgan fingerprint density at radius 1 is 1.33 bits per heavy atom. The van der Waals surface area contributed by atoms with Gasteiger partial charge < -0.3 is 19.4 Å². The Balaban J connectivity index is 1.91. The van der Waals surface area contributed by atoms with Gasteiger partial charge in [0, 0.05) is 30.2 Å². The number of anilines is 2. The molecule has 0 aliphatic carbocycles. The summed E-state index contributed by atoms with van der Waals surface area (Å²) in [5, 5.41) is 3.00. The molecule has 0 saturated heterocycles. The van der Waals surface area contributed by atoms with Gasteiger partial charge in [-0.2, -0.15) is 4.98 Å². The molecule has 146 valence electrons. The highest BCUT2D eigenvalue weighted by atomic mass is 79.9. The summed E-state index contributed by atoms with van der Waals surface area (Å²) in [7, 11) is 1.68. The van der Waals surface area contributed by atoms with E-state index in [0.717, 1.165) is 4.47 Å². The van der Waals surface area contributed by atoms with Crippen molar-refractivity contribution in [1.29, 1.82) is 0 Å². The maximum Gasteiger partial charge on any atom is 0.306 e. The third-order valence-corrected chi connectivity index (χ3v) is 3.77. The van der Waals surface area contributed by atoms with Gasteiger partial charge in [-0.15, -0.1) is 0 Å². The third kappa shape index (κ3) is 7.05. The normalized spacial score (nSPS) is 11.1. The standard InChI is InChI=1S/C19H24BrN3O4/c1-19(2,3)27-17(24)9-6-10-26-16-8-5-7-15(22-16)21-14-11-13(20)12-23(4)18(14)25/h5,7-8,11-12H,6,9-10H2,1-4H3,(H,21,22). The van der Waals surface area contributed by atoms with Gasteiger partial charge in [0.1, 0.15) is 17.1 Å². The van der Waals surface area contributed by atoms with Gasteiger partial charge in [-0.3, -0.25) is 9.59 Å². The molecule has 0 radical (unpaired) electrons. The number of pyridine rings is 2.